The number of amides is 1. The molecular weight excluding hydrogens is 438 g/mol. The number of carbonyl (C=O) groups excluding carboxylic acids is 1. The van der Waals surface area contributed by atoms with Gasteiger partial charge in [-0.2, -0.15) is 0 Å². The Morgan fingerprint density at radius 3 is 2.58 bits per heavy atom. The summed E-state index contributed by atoms with van der Waals surface area (Å²) in [5.41, 5.74) is 2.93. The number of nitrogens with zero attached hydrogens (tertiary/aromatic N) is 1. The summed E-state index contributed by atoms with van der Waals surface area (Å²) in [4.78, 5) is 18.3. The molecule has 1 aromatic carbocycles. The first-order chi connectivity index (χ1) is 16.0. The number of pyridine rings is 1. The van der Waals surface area contributed by atoms with Crippen LogP contribution in [0.1, 0.15) is 38.2 Å². The monoisotopic (exact) mass is 463 g/mol. The van der Waals surface area contributed by atoms with E-state index in [0.717, 1.165) is 32.4 Å². The van der Waals surface area contributed by atoms with Crippen LogP contribution in [0, 0.1) is 13.8 Å². The van der Waals surface area contributed by atoms with Gasteiger partial charge in [0.25, 0.3) is 5.91 Å². The van der Waals surface area contributed by atoms with Crippen LogP contribution in [0.25, 0.3) is 0 Å². The fourth-order valence-electron chi connectivity index (χ4n) is 3.55. The van der Waals surface area contributed by atoms with E-state index in [1.54, 1.807) is 32.5 Å². The molecule has 0 aliphatic rings. The zero-order valence-corrected chi connectivity index (χ0v) is 19.7. The molecule has 0 unspecified atom stereocenters. The van der Waals surface area contributed by atoms with E-state index in [9.17, 15) is 4.79 Å². The SMILES string of the molecule is COc1ccc([C@@H](Nc2cc(C)ccn2)c2cc(C)sc2NC(=O)c2ccco2)cc1OC. The summed E-state index contributed by atoms with van der Waals surface area (Å²) in [5.74, 6) is 1.93. The molecule has 33 heavy (non-hydrogen) atoms. The molecule has 4 aromatic rings. The molecule has 2 N–H and O–H groups in total. The van der Waals surface area contributed by atoms with Gasteiger partial charge in [0.05, 0.1) is 26.5 Å². The second-order valence-electron chi connectivity index (χ2n) is 7.48. The molecule has 8 heteroatoms. The summed E-state index contributed by atoms with van der Waals surface area (Å²) in [7, 11) is 3.21. The van der Waals surface area contributed by atoms with Crippen LogP contribution in [0.4, 0.5) is 10.8 Å². The first-order valence-electron chi connectivity index (χ1n) is 10.3. The lowest BCUT2D eigenvalue weighted by Gasteiger charge is -2.22. The summed E-state index contributed by atoms with van der Waals surface area (Å²) < 4.78 is 16.2. The van der Waals surface area contributed by atoms with E-state index in [2.05, 4.69) is 21.7 Å². The molecule has 0 aliphatic carbocycles. The summed E-state index contributed by atoms with van der Waals surface area (Å²) >= 11 is 1.50. The predicted molar refractivity (Wildman–Crippen MR) is 130 cm³/mol. The number of aryl methyl sites for hydroxylation is 2. The highest BCUT2D eigenvalue weighted by Crippen LogP contribution is 2.40. The van der Waals surface area contributed by atoms with Gasteiger partial charge in [-0.3, -0.25) is 4.79 Å². The minimum atomic E-state index is -0.309. The molecule has 0 aliphatic heterocycles. The average molecular weight is 464 g/mol. The van der Waals surface area contributed by atoms with Crippen molar-refractivity contribution in [3.8, 4) is 11.5 Å². The molecule has 0 fully saturated rings. The van der Waals surface area contributed by atoms with Gasteiger partial charge in [0.2, 0.25) is 0 Å². The van der Waals surface area contributed by atoms with Gasteiger partial charge in [0, 0.05) is 16.6 Å². The van der Waals surface area contributed by atoms with Gasteiger partial charge in [-0.15, -0.1) is 11.3 Å². The highest BCUT2D eigenvalue weighted by Gasteiger charge is 2.24. The van der Waals surface area contributed by atoms with Crippen molar-refractivity contribution in [3.05, 3.63) is 88.3 Å². The largest absolute Gasteiger partial charge is 0.493 e. The molecule has 0 spiro atoms. The Kier molecular flexibility index (Phi) is 6.65. The number of methoxy groups -OCH3 is 2. The Labute approximate surface area is 196 Å². The van der Waals surface area contributed by atoms with Crippen LogP contribution >= 0.6 is 11.3 Å². The van der Waals surface area contributed by atoms with Gasteiger partial charge in [-0.1, -0.05) is 6.07 Å². The first kappa shape index (κ1) is 22.4. The van der Waals surface area contributed by atoms with Crippen LogP contribution in [-0.2, 0) is 0 Å². The second-order valence-corrected chi connectivity index (χ2v) is 8.74. The van der Waals surface area contributed by atoms with Crippen LogP contribution in [0.2, 0.25) is 0 Å². The van der Waals surface area contributed by atoms with Crippen LogP contribution in [0.3, 0.4) is 0 Å². The van der Waals surface area contributed by atoms with Crippen molar-refractivity contribution in [2.45, 2.75) is 19.9 Å². The van der Waals surface area contributed by atoms with Gasteiger partial charge in [-0.05, 0) is 67.4 Å². The maximum atomic E-state index is 12.7. The number of hydrogen-bond acceptors (Lipinski definition) is 7. The van der Waals surface area contributed by atoms with E-state index in [4.69, 9.17) is 13.9 Å². The third-order valence-electron chi connectivity index (χ3n) is 5.12. The van der Waals surface area contributed by atoms with E-state index in [1.807, 2.05) is 44.2 Å². The van der Waals surface area contributed by atoms with Crippen molar-refractivity contribution >= 4 is 28.1 Å². The van der Waals surface area contributed by atoms with Crippen LogP contribution in [-0.4, -0.2) is 25.1 Å². The molecule has 0 saturated carbocycles. The third kappa shape index (κ3) is 5.01. The van der Waals surface area contributed by atoms with Crippen molar-refractivity contribution in [1.82, 2.24) is 4.98 Å². The number of furan rings is 1. The number of rotatable bonds is 8. The number of anilines is 2. The Bertz CT molecular complexity index is 1250. The standard InChI is InChI=1S/C25H25N3O4S/c1-15-9-10-26-22(12-15)27-23(17-7-8-19(30-3)21(14-17)31-4)18-13-16(2)33-25(18)28-24(29)20-6-5-11-32-20/h5-14,23H,1-4H3,(H,26,27)(H,28,29)/t23-/m1/s1. The lowest BCUT2D eigenvalue weighted by Crippen LogP contribution is -2.17. The van der Waals surface area contributed by atoms with E-state index in [-0.39, 0.29) is 17.7 Å². The number of carbonyl (C=O) groups is 1. The highest BCUT2D eigenvalue weighted by molar-refractivity contribution is 7.16. The van der Waals surface area contributed by atoms with Crippen molar-refractivity contribution in [3.63, 3.8) is 0 Å². The predicted octanol–water partition coefficient (Wildman–Crippen LogP) is 5.82. The number of aromatic nitrogens is 1. The number of ether oxygens (including phenoxy) is 2. The van der Waals surface area contributed by atoms with Gasteiger partial charge in [0.15, 0.2) is 17.3 Å². The molecular formula is C25H25N3O4S. The lowest BCUT2D eigenvalue weighted by molar-refractivity contribution is 0.0997. The van der Waals surface area contributed by atoms with Crippen molar-refractivity contribution in [1.29, 1.82) is 0 Å². The quantitative estimate of drug-likeness (QED) is 0.342. The summed E-state index contributed by atoms with van der Waals surface area (Å²) in [6.45, 7) is 4.02. The van der Waals surface area contributed by atoms with Gasteiger partial charge < -0.3 is 24.5 Å². The normalized spacial score (nSPS) is 11.6. The Balaban J connectivity index is 1.77. The van der Waals surface area contributed by atoms with Gasteiger partial charge >= 0.3 is 0 Å². The first-order valence-corrected chi connectivity index (χ1v) is 11.2. The minimum Gasteiger partial charge on any atom is -0.493 e. The van der Waals surface area contributed by atoms with Crippen LogP contribution in [0.5, 0.6) is 11.5 Å². The fraction of sp³-hybridized carbons (Fsp3) is 0.200. The van der Waals surface area contributed by atoms with Crippen LogP contribution in [0.15, 0.2) is 65.4 Å². The zero-order chi connectivity index (χ0) is 23.4. The minimum absolute atomic E-state index is 0.253. The lowest BCUT2D eigenvalue weighted by atomic mass is 9.99. The number of hydrogen-bond donors (Lipinski definition) is 2. The Morgan fingerprint density at radius 2 is 1.88 bits per heavy atom. The molecule has 4 rings (SSSR count). The van der Waals surface area contributed by atoms with E-state index < -0.39 is 0 Å². The molecule has 1 amide bonds. The molecule has 7 nitrogen and oxygen atoms in total. The zero-order valence-electron chi connectivity index (χ0n) is 18.8. The third-order valence-corrected chi connectivity index (χ3v) is 6.10. The average Bonchev–Trinajstić information content (AvgIpc) is 3.47. The van der Waals surface area contributed by atoms with Crippen LogP contribution < -0.4 is 20.1 Å². The maximum absolute atomic E-state index is 12.7. The molecule has 0 saturated heterocycles. The van der Waals surface area contributed by atoms with Crippen molar-refractivity contribution in [2.75, 3.05) is 24.9 Å². The highest BCUT2D eigenvalue weighted by atomic mass is 32.1. The molecule has 3 heterocycles. The van der Waals surface area contributed by atoms with Gasteiger partial charge in [0.1, 0.15) is 10.8 Å². The number of thiophene rings is 1. The van der Waals surface area contributed by atoms with Crippen molar-refractivity contribution in [2.24, 2.45) is 0 Å². The van der Waals surface area contributed by atoms with Crippen molar-refractivity contribution < 1.29 is 18.7 Å². The number of nitrogens with one attached hydrogen (secondary N) is 2. The molecule has 0 bridgehead atoms. The Hall–Kier alpha value is -3.78. The summed E-state index contributed by atoms with van der Waals surface area (Å²) in [6.07, 6.45) is 3.24. The van der Waals surface area contributed by atoms with E-state index in [0.29, 0.717) is 11.5 Å². The fourth-order valence-corrected chi connectivity index (χ4v) is 4.50. The molecule has 0 radical (unpaired) electrons. The molecule has 1 atom stereocenters. The molecule has 170 valence electrons. The Morgan fingerprint density at radius 1 is 1.06 bits per heavy atom. The smallest absolute Gasteiger partial charge is 0.291 e. The molecule has 3 aromatic heterocycles. The number of benzene rings is 1. The topological polar surface area (TPSA) is 85.6 Å². The van der Waals surface area contributed by atoms with E-state index in [1.165, 1.54) is 17.6 Å². The maximum Gasteiger partial charge on any atom is 0.291 e. The summed E-state index contributed by atoms with van der Waals surface area (Å²) in [6, 6.07) is 14.8. The van der Waals surface area contributed by atoms with E-state index >= 15 is 0 Å². The summed E-state index contributed by atoms with van der Waals surface area (Å²) in [5, 5.41) is 7.26. The van der Waals surface area contributed by atoms with Gasteiger partial charge in [-0.25, -0.2) is 4.98 Å². The second kappa shape index (κ2) is 9.79.